The molecule has 1 aliphatic rings. The third-order valence-corrected chi connectivity index (χ3v) is 7.58. The summed E-state index contributed by atoms with van der Waals surface area (Å²) in [6.07, 6.45) is 5.33. The van der Waals surface area contributed by atoms with Crippen LogP contribution in [0.5, 0.6) is 0 Å². The number of para-hydroxylation sites is 2. The SMILES string of the molecule is Nc1c(S(=O)(=O)c2ccccc2)c2nc3ccccc3nc2n1C1CCCCC1. The minimum Gasteiger partial charge on any atom is -0.384 e. The summed E-state index contributed by atoms with van der Waals surface area (Å²) in [6.45, 7) is 0. The lowest BCUT2D eigenvalue weighted by Crippen LogP contribution is -2.16. The van der Waals surface area contributed by atoms with Gasteiger partial charge in [-0.3, -0.25) is 0 Å². The third-order valence-electron chi connectivity index (χ3n) is 5.75. The molecule has 2 heterocycles. The van der Waals surface area contributed by atoms with Crippen LogP contribution < -0.4 is 5.73 Å². The van der Waals surface area contributed by atoms with E-state index in [1.165, 1.54) is 6.42 Å². The number of nitrogens with zero attached hydrogens (tertiary/aromatic N) is 3. The van der Waals surface area contributed by atoms with Crippen LogP contribution in [-0.2, 0) is 9.84 Å². The minimum absolute atomic E-state index is 0.0718. The van der Waals surface area contributed by atoms with Crippen molar-refractivity contribution in [2.45, 2.75) is 47.9 Å². The summed E-state index contributed by atoms with van der Waals surface area (Å²) < 4.78 is 29.0. The van der Waals surface area contributed by atoms with E-state index in [0.717, 1.165) is 31.2 Å². The third kappa shape index (κ3) is 2.88. The number of hydrogen-bond donors (Lipinski definition) is 1. The first-order valence-corrected chi connectivity index (χ1v) is 11.4. The van der Waals surface area contributed by atoms with Crippen molar-refractivity contribution in [3.05, 3.63) is 54.6 Å². The van der Waals surface area contributed by atoms with Crippen LogP contribution in [0.25, 0.3) is 22.2 Å². The van der Waals surface area contributed by atoms with Gasteiger partial charge in [0.1, 0.15) is 16.2 Å². The number of rotatable bonds is 3. The van der Waals surface area contributed by atoms with Crippen molar-refractivity contribution in [1.29, 1.82) is 0 Å². The summed E-state index contributed by atoms with van der Waals surface area (Å²) in [5.74, 6) is 0.242. The maximum Gasteiger partial charge on any atom is 0.212 e. The van der Waals surface area contributed by atoms with Gasteiger partial charge in [-0.05, 0) is 37.1 Å². The van der Waals surface area contributed by atoms with Crippen molar-refractivity contribution in [3.63, 3.8) is 0 Å². The smallest absolute Gasteiger partial charge is 0.212 e. The second-order valence-corrected chi connectivity index (χ2v) is 9.46. The number of nitrogen functional groups attached to an aromatic ring is 1. The van der Waals surface area contributed by atoms with Crippen LogP contribution >= 0.6 is 0 Å². The Balaban J connectivity index is 1.86. The standard InChI is InChI=1S/C22H22N4O2S/c23-21-20(29(27,28)16-11-5-2-6-12-16)19-22(26(21)15-9-3-1-4-10-15)25-18-14-8-7-13-17(18)24-19/h2,5-8,11-15H,1,3-4,9-10,23H2. The first kappa shape index (κ1) is 18.1. The van der Waals surface area contributed by atoms with Crippen molar-refractivity contribution >= 4 is 37.9 Å². The zero-order valence-corrected chi connectivity index (χ0v) is 16.8. The Morgan fingerprint density at radius 1 is 0.862 bits per heavy atom. The van der Waals surface area contributed by atoms with Gasteiger partial charge in [-0.2, -0.15) is 0 Å². The van der Waals surface area contributed by atoms with E-state index in [2.05, 4.69) is 0 Å². The second kappa shape index (κ2) is 6.84. The lowest BCUT2D eigenvalue weighted by Gasteiger charge is -2.25. The van der Waals surface area contributed by atoms with Gasteiger partial charge in [-0.15, -0.1) is 0 Å². The number of anilines is 1. The number of fused-ring (bicyclic) bond motifs is 2. The Bertz CT molecular complexity index is 1310. The molecule has 0 saturated heterocycles. The van der Waals surface area contributed by atoms with Crippen LogP contribution in [0.3, 0.4) is 0 Å². The predicted octanol–water partition coefficient (Wildman–Crippen LogP) is 4.50. The molecule has 0 spiro atoms. The van der Waals surface area contributed by atoms with E-state index in [-0.39, 0.29) is 21.7 Å². The molecule has 2 aromatic heterocycles. The molecule has 0 radical (unpaired) electrons. The lowest BCUT2D eigenvalue weighted by atomic mass is 9.95. The van der Waals surface area contributed by atoms with Crippen LogP contribution in [0.15, 0.2) is 64.4 Å². The molecule has 4 aromatic rings. The van der Waals surface area contributed by atoms with E-state index in [0.29, 0.717) is 16.7 Å². The van der Waals surface area contributed by atoms with E-state index in [1.807, 2.05) is 28.8 Å². The first-order chi connectivity index (χ1) is 14.1. The van der Waals surface area contributed by atoms with Crippen molar-refractivity contribution in [2.24, 2.45) is 0 Å². The van der Waals surface area contributed by atoms with Crippen LogP contribution in [0.1, 0.15) is 38.1 Å². The Morgan fingerprint density at radius 3 is 2.17 bits per heavy atom. The van der Waals surface area contributed by atoms with Crippen LogP contribution in [0.2, 0.25) is 0 Å². The van der Waals surface area contributed by atoms with Crippen molar-refractivity contribution in [3.8, 4) is 0 Å². The van der Waals surface area contributed by atoms with Gasteiger partial charge in [0.05, 0.1) is 15.9 Å². The van der Waals surface area contributed by atoms with Crippen molar-refractivity contribution in [2.75, 3.05) is 5.73 Å². The van der Waals surface area contributed by atoms with Gasteiger partial charge in [-0.1, -0.05) is 49.6 Å². The quantitative estimate of drug-likeness (QED) is 0.541. The molecule has 7 heteroatoms. The summed E-state index contributed by atoms with van der Waals surface area (Å²) in [4.78, 5) is 9.78. The molecule has 0 aliphatic heterocycles. The summed E-state index contributed by atoms with van der Waals surface area (Å²) in [5, 5.41) is 0. The zero-order valence-electron chi connectivity index (χ0n) is 16.0. The number of aromatic nitrogens is 3. The molecule has 148 valence electrons. The number of benzene rings is 2. The summed E-state index contributed by atoms with van der Waals surface area (Å²) in [7, 11) is -3.83. The fraction of sp³-hybridized carbons (Fsp3) is 0.273. The number of sulfone groups is 1. The van der Waals surface area contributed by atoms with E-state index >= 15 is 0 Å². The highest BCUT2D eigenvalue weighted by Gasteiger charge is 2.32. The maximum absolute atomic E-state index is 13.5. The van der Waals surface area contributed by atoms with Gasteiger partial charge in [0.2, 0.25) is 9.84 Å². The fourth-order valence-electron chi connectivity index (χ4n) is 4.35. The van der Waals surface area contributed by atoms with Crippen molar-refractivity contribution in [1.82, 2.24) is 14.5 Å². The highest BCUT2D eigenvalue weighted by Crippen LogP contribution is 2.40. The van der Waals surface area contributed by atoms with Gasteiger partial charge in [0.25, 0.3) is 0 Å². The molecule has 0 atom stereocenters. The largest absolute Gasteiger partial charge is 0.384 e. The molecule has 2 N–H and O–H groups in total. The van der Waals surface area contributed by atoms with Gasteiger partial charge >= 0.3 is 0 Å². The Morgan fingerprint density at radius 2 is 1.48 bits per heavy atom. The van der Waals surface area contributed by atoms with E-state index in [4.69, 9.17) is 15.7 Å². The summed E-state index contributed by atoms with van der Waals surface area (Å²) >= 11 is 0. The summed E-state index contributed by atoms with van der Waals surface area (Å²) in [5.41, 5.74) is 8.84. The molecular weight excluding hydrogens is 384 g/mol. The van der Waals surface area contributed by atoms with E-state index < -0.39 is 9.84 Å². The second-order valence-electron chi connectivity index (χ2n) is 7.58. The van der Waals surface area contributed by atoms with Crippen LogP contribution in [-0.4, -0.2) is 23.0 Å². The molecule has 1 saturated carbocycles. The molecule has 6 nitrogen and oxygen atoms in total. The van der Waals surface area contributed by atoms with Gasteiger partial charge in [0.15, 0.2) is 5.65 Å². The summed E-state index contributed by atoms with van der Waals surface area (Å²) in [6, 6.07) is 16.0. The molecule has 0 bridgehead atoms. The molecular formula is C22H22N4O2S. The molecule has 5 rings (SSSR count). The molecule has 29 heavy (non-hydrogen) atoms. The molecule has 0 amide bonds. The lowest BCUT2D eigenvalue weighted by molar-refractivity contribution is 0.362. The molecule has 1 fully saturated rings. The van der Waals surface area contributed by atoms with E-state index in [9.17, 15) is 8.42 Å². The van der Waals surface area contributed by atoms with Gasteiger partial charge in [-0.25, -0.2) is 18.4 Å². The molecule has 0 unspecified atom stereocenters. The molecule has 2 aromatic carbocycles. The average Bonchev–Trinajstić information content (AvgIpc) is 3.04. The average molecular weight is 407 g/mol. The van der Waals surface area contributed by atoms with Crippen LogP contribution in [0.4, 0.5) is 5.82 Å². The topological polar surface area (TPSA) is 90.9 Å². The van der Waals surface area contributed by atoms with E-state index in [1.54, 1.807) is 30.3 Å². The normalized spacial score (nSPS) is 15.9. The Labute approximate surface area is 169 Å². The monoisotopic (exact) mass is 406 g/mol. The maximum atomic E-state index is 13.5. The Kier molecular flexibility index (Phi) is 4.28. The highest BCUT2D eigenvalue weighted by molar-refractivity contribution is 7.92. The Hall–Kier alpha value is -2.93. The van der Waals surface area contributed by atoms with Crippen molar-refractivity contribution < 1.29 is 8.42 Å². The fourth-order valence-corrected chi connectivity index (χ4v) is 5.86. The van der Waals surface area contributed by atoms with Gasteiger partial charge < -0.3 is 10.3 Å². The predicted molar refractivity (Wildman–Crippen MR) is 113 cm³/mol. The van der Waals surface area contributed by atoms with Crippen LogP contribution in [0, 0.1) is 0 Å². The zero-order chi connectivity index (χ0) is 20.0. The molecule has 1 aliphatic carbocycles. The first-order valence-electron chi connectivity index (χ1n) is 9.93. The van der Waals surface area contributed by atoms with Gasteiger partial charge in [0, 0.05) is 6.04 Å². The number of nitrogens with two attached hydrogens (primary N) is 1. The number of hydrogen-bond acceptors (Lipinski definition) is 5. The minimum atomic E-state index is -3.83. The highest BCUT2D eigenvalue weighted by atomic mass is 32.2.